The molecule has 2 aromatic carbocycles. The molecule has 2 aromatic rings. The second-order valence-electron chi connectivity index (χ2n) is 5.26. The molecule has 5 nitrogen and oxygen atoms in total. The maximum Gasteiger partial charge on any atom is 0.255 e. The van der Waals surface area contributed by atoms with Gasteiger partial charge in [0, 0.05) is 10.6 Å². The third-order valence-corrected chi connectivity index (χ3v) is 3.97. The van der Waals surface area contributed by atoms with Crippen LogP contribution in [0.4, 0.5) is 4.39 Å². The molecule has 0 bridgehead atoms. The maximum absolute atomic E-state index is 13.6. The minimum atomic E-state index is -0.613. The lowest BCUT2D eigenvalue weighted by molar-refractivity contribution is -0.119. The molecule has 0 fully saturated rings. The van der Waals surface area contributed by atoms with E-state index >= 15 is 0 Å². The zero-order valence-electron chi connectivity index (χ0n) is 13.2. The predicted molar refractivity (Wildman–Crippen MR) is 93.4 cm³/mol. The lowest BCUT2D eigenvalue weighted by atomic mass is 10.1. The fraction of sp³-hybridized carbons (Fsp3) is 0.176. The standard InChI is InChI=1S/C17H15Cl2FN2O3/c1-9(12-6-15(20)14(19)7-13(12)18)22-17(24)10-2-4-11(5-3-10)25-8-16(21)23/h2-7,9H,8H2,1H3,(H2,21,23)(H,22,24)/t9-/m0/s1. The van der Waals surface area contributed by atoms with Crippen LogP contribution in [-0.4, -0.2) is 18.4 Å². The highest BCUT2D eigenvalue weighted by Crippen LogP contribution is 2.28. The Hall–Kier alpha value is -2.31. The molecule has 0 spiro atoms. The van der Waals surface area contributed by atoms with Crippen molar-refractivity contribution in [3.63, 3.8) is 0 Å². The number of ether oxygens (including phenoxy) is 1. The summed E-state index contributed by atoms with van der Waals surface area (Å²) < 4.78 is 18.7. The number of rotatable bonds is 6. The zero-order chi connectivity index (χ0) is 18.6. The number of hydrogen-bond donors (Lipinski definition) is 2. The summed E-state index contributed by atoms with van der Waals surface area (Å²) in [6.07, 6.45) is 0. The molecule has 0 aliphatic rings. The largest absolute Gasteiger partial charge is 0.484 e. The molecule has 0 aliphatic heterocycles. The van der Waals surface area contributed by atoms with E-state index in [4.69, 9.17) is 33.7 Å². The lowest BCUT2D eigenvalue weighted by Gasteiger charge is -2.16. The van der Waals surface area contributed by atoms with Gasteiger partial charge in [-0.3, -0.25) is 9.59 Å². The molecule has 0 unspecified atom stereocenters. The van der Waals surface area contributed by atoms with E-state index in [0.717, 1.165) is 0 Å². The second-order valence-corrected chi connectivity index (χ2v) is 6.08. The molecule has 0 saturated heterocycles. The first-order valence-electron chi connectivity index (χ1n) is 7.24. The van der Waals surface area contributed by atoms with Crippen LogP contribution in [0.5, 0.6) is 5.75 Å². The van der Waals surface area contributed by atoms with Crippen molar-refractivity contribution in [1.29, 1.82) is 0 Å². The summed E-state index contributed by atoms with van der Waals surface area (Å²) in [6.45, 7) is 1.43. The van der Waals surface area contributed by atoms with Gasteiger partial charge in [0.15, 0.2) is 6.61 Å². The Balaban J connectivity index is 2.06. The first-order chi connectivity index (χ1) is 11.8. The number of halogens is 3. The summed E-state index contributed by atoms with van der Waals surface area (Å²) in [4.78, 5) is 22.9. The van der Waals surface area contributed by atoms with Gasteiger partial charge in [-0.2, -0.15) is 0 Å². The topological polar surface area (TPSA) is 81.4 Å². The van der Waals surface area contributed by atoms with Crippen molar-refractivity contribution in [2.45, 2.75) is 13.0 Å². The van der Waals surface area contributed by atoms with Gasteiger partial charge < -0.3 is 15.8 Å². The predicted octanol–water partition coefficient (Wildman–Crippen LogP) is 3.49. The van der Waals surface area contributed by atoms with Gasteiger partial charge in [0.2, 0.25) is 0 Å². The molecule has 0 saturated carbocycles. The Morgan fingerprint density at radius 2 is 1.84 bits per heavy atom. The van der Waals surface area contributed by atoms with Gasteiger partial charge in [-0.25, -0.2) is 4.39 Å². The van der Waals surface area contributed by atoms with Crippen molar-refractivity contribution < 1.29 is 18.7 Å². The van der Waals surface area contributed by atoms with Gasteiger partial charge in [0.25, 0.3) is 11.8 Å². The zero-order valence-corrected chi connectivity index (χ0v) is 14.7. The van der Waals surface area contributed by atoms with Gasteiger partial charge in [0.05, 0.1) is 11.1 Å². The van der Waals surface area contributed by atoms with E-state index < -0.39 is 17.8 Å². The highest BCUT2D eigenvalue weighted by Gasteiger charge is 2.16. The van der Waals surface area contributed by atoms with Crippen LogP contribution >= 0.6 is 23.2 Å². The van der Waals surface area contributed by atoms with Gasteiger partial charge in [-0.15, -0.1) is 0 Å². The molecule has 0 radical (unpaired) electrons. The van der Waals surface area contributed by atoms with Crippen molar-refractivity contribution in [2.75, 3.05) is 6.61 Å². The SMILES string of the molecule is C[C@H](NC(=O)c1ccc(OCC(N)=O)cc1)c1cc(F)c(Cl)cc1Cl. The number of carbonyl (C=O) groups excluding carboxylic acids is 2. The van der Waals surface area contributed by atoms with Crippen LogP contribution < -0.4 is 15.8 Å². The number of carbonyl (C=O) groups is 2. The Labute approximate surface area is 153 Å². The maximum atomic E-state index is 13.6. The smallest absolute Gasteiger partial charge is 0.255 e. The average Bonchev–Trinajstić information content (AvgIpc) is 2.56. The molecule has 3 N–H and O–H groups in total. The van der Waals surface area contributed by atoms with Crippen molar-refractivity contribution in [2.24, 2.45) is 5.73 Å². The summed E-state index contributed by atoms with van der Waals surface area (Å²) in [5.41, 5.74) is 5.77. The highest BCUT2D eigenvalue weighted by molar-refractivity contribution is 6.35. The van der Waals surface area contributed by atoms with Crippen molar-refractivity contribution in [1.82, 2.24) is 5.32 Å². The van der Waals surface area contributed by atoms with Gasteiger partial charge >= 0.3 is 0 Å². The van der Waals surface area contributed by atoms with Crippen LogP contribution in [0, 0.1) is 5.82 Å². The fourth-order valence-corrected chi connectivity index (χ4v) is 2.63. The van der Waals surface area contributed by atoms with Crippen LogP contribution in [-0.2, 0) is 4.79 Å². The number of nitrogens with one attached hydrogen (secondary N) is 1. The molecule has 132 valence electrons. The van der Waals surface area contributed by atoms with Crippen LogP contribution in [0.2, 0.25) is 10.0 Å². The third kappa shape index (κ3) is 5.08. The first kappa shape index (κ1) is 19.0. The molecule has 2 amide bonds. The van der Waals surface area contributed by atoms with Crippen LogP contribution in [0.15, 0.2) is 36.4 Å². The number of primary amides is 1. The van der Waals surface area contributed by atoms with E-state index in [-0.39, 0.29) is 22.6 Å². The van der Waals surface area contributed by atoms with Gasteiger partial charge in [-0.1, -0.05) is 23.2 Å². The van der Waals surface area contributed by atoms with Gasteiger partial charge in [-0.05, 0) is 48.9 Å². The van der Waals surface area contributed by atoms with E-state index in [0.29, 0.717) is 16.9 Å². The second kappa shape index (κ2) is 8.18. The van der Waals surface area contributed by atoms with Crippen molar-refractivity contribution in [3.05, 3.63) is 63.4 Å². The summed E-state index contributed by atoms with van der Waals surface area (Å²) in [6, 6.07) is 8.09. The van der Waals surface area contributed by atoms with E-state index in [1.165, 1.54) is 36.4 Å². The number of nitrogens with two attached hydrogens (primary N) is 1. The molecular weight excluding hydrogens is 370 g/mol. The Kier molecular flexibility index (Phi) is 6.22. The molecule has 0 aliphatic carbocycles. The van der Waals surface area contributed by atoms with Crippen molar-refractivity contribution >= 4 is 35.0 Å². The molecule has 0 aromatic heterocycles. The molecule has 25 heavy (non-hydrogen) atoms. The van der Waals surface area contributed by atoms with E-state index in [1.807, 2.05) is 0 Å². The lowest BCUT2D eigenvalue weighted by Crippen LogP contribution is -2.27. The fourth-order valence-electron chi connectivity index (χ4n) is 2.08. The van der Waals surface area contributed by atoms with E-state index in [9.17, 15) is 14.0 Å². The van der Waals surface area contributed by atoms with Crippen molar-refractivity contribution in [3.8, 4) is 5.75 Å². The summed E-state index contributed by atoms with van der Waals surface area (Å²) in [5, 5.41) is 2.90. The van der Waals surface area contributed by atoms with Crippen LogP contribution in [0.25, 0.3) is 0 Å². The molecule has 1 atom stereocenters. The minimum Gasteiger partial charge on any atom is -0.484 e. The quantitative estimate of drug-likeness (QED) is 0.747. The molecule has 0 heterocycles. The van der Waals surface area contributed by atoms with E-state index in [2.05, 4.69) is 5.32 Å². The molecular formula is C17H15Cl2FN2O3. The van der Waals surface area contributed by atoms with Crippen LogP contribution in [0.3, 0.4) is 0 Å². The number of amides is 2. The Bertz CT molecular complexity index is 797. The minimum absolute atomic E-state index is 0.0844. The average molecular weight is 385 g/mol. The summed E-state index contributed by atoms with van der Waals surface area (Å²) in [7, 11) is 0. The Morgan fingerprint density at radius 1 is 1.20 bits per heavy atom. The third-order valence-electron chi connectivity index (χ3n) is 3.35. The van der Waals surface area contributed by atoms with E-state index in [1.54, 1.807) is 6.92 Å². The Morgan fingerprint density at radius 3 is 2.44 bits per heavy atom. The number of benzene rings is 2. The number of hydrogen-bond acceptors (Lipinski definition) is 3. The van der Waals surface area contributed by atoms with Crippen LogP contribution in [0.1, 0.15) is 28.9 Å². The molecule has 8 heteroatoms. The monoisotopic (exact) mass is 384 g/mol. The van der Waals surface area contributed by atoms with Gasteiger partial charge in [0.1, 0.15) is 11.6 Å². The summed E-state index contributed by atoms with van der Waals surface area (Å²) in [5.74, 6) is -1.17. The molecule has 2 rings (SSSR count). The highest BCUT2D eigenvalue weighted by atomic mass is 35.5. The first-order valence-corrected chi connectivity index (χ1v) is 8.00. The normalized spacial score (nSPS) is 11.7. The summed E-state index contributed by atoms with van der Waals surface area (Å²) >= 11 is 11.7.